The molecule has 0 saturated carbocycles. The average molecular weight is 390 g/mol. The molecule has 0 aromatic heterocycles. The lowest BCUT2D eigenvalue weighted by atomic mass is 10.1. The van der Waals surface area contributed by atoms with Crippen molar-refractivity contribution in [2.75, 3.05) is 10.6 Å². The van der Waals surface area contributed by atoms with E-state index in [4.69, 9.17) is 0 Å². The van der Waals surface area contributed by atoms with Gasteiger partial charge < -0.3 is 16.0 Å². The summed E-state index contributed by atoms with van der Waals surface area (Å²) < 4.78 is 0.949. The van der Waals surface area contributed by atoms with E-state index in [1.54, 1.807) is 24.3 Å². The van der Waals surface area contributed by atoms with Crippen LogP contribution in [-0.4, -0.2) is 18.0 Å². The molecule has 0 heterocycles. The van der Waals surface area contributed by atoms with Gasteiger partial charge in [-0.3, -0.25) is 4.79 Å². The summed E-state index contributed by atoms with van der Waals surface area (Å²) in [7, 11) is 0. The van der Waals surface area contributed by atoms with Gasteiger partial charge >= 0.3 is 6.03 Å². The predicted molar refractivity (Wildman–Crippen MR) is 101 cm³/mol. The molecule has 0 unspecified atom stereocenters. The van der Waals surface area contributed by atoms with Crippen LogP contribution in [0.15, 0.2) is 46.9 Å². The maximum atomic E-state index is 12.6. The molecule has 0 aliphatic rings. The fourth-order valence-corrected chi connectivity index (χ4v) is 2.64. The minimum absolute atomic E-state index is 0.0106. The van der Waals surface area contributed by atoms with Gasteiger partial charge in [0.05, 0.1) is 11.3 Å². The molecule has 24 heavy (non-hydrogen) atoms. The molecule has 126 valence electrons. The van der Waals surface area contributed by atoms with Crippen molar-refractivity contribution in [3.8, 4) is 0 Å². The number of urea groups is 1. The minimum Gasteiger partial charge on any atom is -0.336 e. The maximum absolute atomic E-state index is 12.6. The van der Waals surface area contributed by atoms with E-state index in [9.17, 15) is 9.59 Å². The predicted octanol–water partition coefficient (Wildman–Crippen LogP) is 4.54. The number of carbonyl (C=O) groups is 2. The molecule has 2 aromatic carbocycles. The number of hydrogen-bond acceptors (Lipinski definition) is 2. The van der Waals surface area contributed by atoms with Crippen molar-refractivity contribution in [1.82, 2.24) is 5.32 Å². The van der Waals surface area contributed by atoms with Crippen LogP contribution >= 0.6 is 15.9 Å². The number of carbonyl (C=O) groups excluding carboxylic acids is 2. The highest BCUT2D eigenvalue weighted by Gasteiger charge is 2.14. The second-order valence-corrected chi connectivity index (χ2v) is 6.63. The quantitative estimate of drug-likeness (QED) is 0.718. The van der Waals surface area contributed by atoms with Crippen LogP contribution < -0.4 is 16.0 Å². The van der Waals surface area contributed by atoms with E-state index in [1.807, 2.05) is 39.0 Å². The molecule has 0 atom stereocenters. The molecule has 0 aliphatic heterocycles. The van der Waals surface area contributed by atoms with Gasteiger partial charge in [-0.25, -0.2) is 4.79 Å². The topological polar surface area (TPSA) is 70.2 Å². The third kappa shape index (κ3) is 4.83. The van der Waals surface area contributed by atoms with Crippen LogP contribution in [0.1, 0.15) is 29.8 Å². The molecule has 6 heteroatoms. The Morgan fingerprint density at radius 1 is 1.00 bits per heavy atom. The standard InChI is InChI=1S/C18H20BrN3O2/c1-11(2)20-18(24)22-16-7-5-4-6-14(16)17(23)21-15-9-8-13(19)10-12(15)3/h4-11H,1-3H3,(H,21,23)(H2,20,22,24). The lowest BCUT2D eigenvalue weighted by Crippen LogP contribution is -2.34. The van der Waals surface area contributed by atoms with Crippen LogP contribution in [0.5, 0.6) is 0 Å². The minimum atomic E-state index is -0.343. The van der Waals surface area contributed by atoms with Gasteiger partial charge in [-0.1, -0.05) is 28.1 Å². The molecule has 0 saturated heterocycles. The second kappa shape index (κ2) is 7.97. The number of nitrogens with one attached hydrogen (secondary N) is 3. The number of anilines is 2. The molecule has 0 radical (unpaired) electrons. The Labute approximate surface area is 150 Å². The largest absolute Gasteiger partial charge is 0.336 e. The molecular formula is C18H20BrN3O2. The van der Waals surface area contributed by atoms with Gasteiger partial charge in [0.1, 0.15) is 0 Å². The van der Waals surface area contributed by atoms with Gasteiger partial charge in [-0.15, -0.1) is 0 Å². The molecule has 3 amide bonds. The SMILES string of the molecule is Cc1cc(Br)ccc1NC(=O)c1ccccc1NC(=O)NC(C)C. The molecule has 0 spiro atoms. The van der Waals surface area contributed by atoms with Gasteiger partial charge in [0.15, 0.2) is 0 Å². The monoisotopic (exact) mass is 389 g/mol. The first-order chi connectivity index (χ1) is 11.4. The fourth-order valence-electron chi connectivity index (χ4n) is 2.17. The summed E-state index contributed by atoms with van der Waals surface area (Å²) in [5.41, 5.74) is 2.53. The number of aryl methyl sites for hydroxylation is 1. The second-order valence-electron chi connectivity index (χ2n) is 5.71. The van der Waals surface area contributed by atoms with Crippen LogP contribution in [0, 0.1) is 6.92 Å². The number of benzene rings is 2. The molecule has 5 nitrogen and oxygen atoms in total. The molecule has 2 rings (SSSR count). The summed E-state index contributed by atoms with van der Waals surface area (Å²) in [6.07, 6.45) is 0. The van der Waals surface area contributed by atoms with Crippen molar-refractivity contribution in [1.29, 1.82) is 0 Å². The summed E-state index contributed by atoms with van der Waals surface area (Å²) >= 11 is 3.40. The Morgan fingerprint density at radius 3 is 2.38 bits per heavy atom. The first-order valence-electron chi connectivity index (χ1n) is 7.61. The Hall–Kier alpha value is -2.34. The molecule has 0 aliphatic carbocycles. The summed E-state index contributed by atoms with van der Waals surface area (Å²) in [4.78, 5) is 24.5. The smallest absolute Gasteiger partial charge is 0.319 e. The van der Waals surface area contributed by atoms with Crippen LogP contribution in [-0.2, 0) is 0 Å². The third-order valence-electron chi connectivity index (χ3n) is 3.28. The summed E-state index contributed by atoms with van der Waals surface area (Å²) in [6.45, 7) is 5.66. The zero-order valence-corrected chi connectivity index (χ0v) is 15.4. The van der Waals surface area contributed by atoms with E-state index in [0.29, 0.717) is 11.3 Å². The van der Waals surface area contributed by atoms with E-state index in [1.165, 1.54) is 0 Å². The van der Waals surface area contributed by atoms with Gasteiger partial charge in [-0.05, 0) is 56.7 Å². The first kappa shape index (κ1) is 18.0. The van der Waals surface area contributed by atoms with E-state index < -0.39 is 0 Å². The van der Waals surface area contributed by atoms with Crippen LogP contribution in [0.2, 0.25) is 0 Å². The number of hydrogen-bond donors (Lipinski definition) is 3. The Morgan fingerprint density at radius 2 is 1.71 bits per heavy atom. The third-order valence-corrected chi connectivity index (χ3v) is 3.77. The van der Waals surface area contributed by atoms with Crippen molar-refractivity contribution in [3.05, 3.63) is 58.1 Å². The fraction of sp³-hybridized carbons (Fsp3) is 0.222. The molecule has 2 aromatic rings. The zero-order valence-electron chi connectivity index (χ0n) is 13.8. The van der Waals surface area contributed by atoms with Crippen molar-refractivity contribution in [3.63, 3.8) is 0 Å². The molecular weight excluding hydrogens is 370 g/mol. The lowest BCUT2D eigenvalue weighted by Gasteiger charge is -2.14. The van der Waals surface area contributed by atoms with E-state index >= 15 is 0 Å². The van der Waals surface area contributed by atoms with Crippen molar-refractivity contribution >= 4 is 39.2 Å². The van der Waals surface area contributed by atoms with Crippen LogP contribution in [0.3, 0.4) is 0 Å². The summed E-state index contributed by atoms with van der Waals surface area (Å²) in [6, 6.07) is 12.2. The highest BCUT2D eigenvalue weighted by Crippen LogP contribution is 2.22. The number of halogens is 1. The van der Waals surface area contributed by atoms with Crippen molar-refractivity contribution in [2.45, 2.75) is 26.8 Å². The van der Waals surface area contributed by atoms with Crippen molar-refractivity contribution < 1.29 is 9.59 Å². The number of rotatable bonds is 4. The number of amides is 3. The first-order valence-corrected chi connectivity index (χ1v) is 8.40. The van der Waals surface area contributed by atoms with Crippen LogP contribution in [0.25, 0.3) is 0 Å². The lowest BCUT2D eigenvalue weighted by molar-refractivity contribution is 0.102. The highest BCUT2D eigenvalue weighted by atomic mass is 79.9. The zero-order chi connectivity index (χ0) is 17.7. The van der Waals surface area contributed by atoms with E-state index in [-0.39, 0.29) is 18.0 Å². The average Bonchev–Trinajstić information content (AvgIpc) is 2.49. The highest BCUT2D eigenvalue weighted by molar-refractivity contribution is 9.10. The molecule has 3 N–H and O–H groups in total. The Balaban J connectivity index is 2.19. The van der Waals surface area contributed by atoms with E-state index in [2.05, 4.69) is 31.9 Å². The number of para-hydroxylation sites is 1. The van der Waals surface area contributed by atoms with Crippen molar-refractivity contribution in [2.24, 2.45) is 0 Å². The van der Waals surface area contributed by atoms with Gasteiger partial charge in [0, 0.05) is 16.2 Å². The van der Waals surface area contributed by atoms with Crippen LogP contribution in [0.4, 0.5) is 16.2 Å². The van der Waals surface area contributed by atoms with Gasteiger partial charge in [0.2, 0.25) is 0 Å². The maximum Gasteiger partial charge on any atom is 0.319 e. The molecule has 0 fully saturated rings. The molecule has 0 bridgehead atoms. The summed E-state index contributed by atoms with van der Waals surface area (Å²) in [5, 5.41) is 8.33. The van der Waals surface area contributed by atoms with Gasteiger partial charge in [0.25, 0.3) is 5.91 Å². The van der Waals surface area contributed by atoms with E-state index in [0.717, 1.165) is 15.7 Å². The Kier molecular flexibility index (Phi) is 5.98. The summed E-state index contributed by atoms with van der Waals surface area (Å²) in [5.74, 6) is -0.277. The normalized spacial score (nSPS) is 10.4. The van der Waals surface area contributed by atoms with Gasteiger partial charge in [-0.2, -0.15) is 0 Å². The Bertz CT molecular complexity index is 760.